The highest BCUT2D eigenvalue weighted by atomic mass is 15.2. The maximum Gasteiger partial charge on any atom is 0.0583 e. The average Bonchev–Trinajstić information content (AvgIpc) is 3.73. The Morgan fingerprint density at radius 2 is 0.711 bits per heavy atom. The standard InChI is InChI=1S/C72H56N4/c1-71(2)61-43-53(73(50-29-8-5-9-30-50)65-38-20-26-47-23-14-17-35-56(47)65)41-59-60-42-54(74(51-31-10-6-11-32-51)66-39-21-27-48-24-15-18-36-57(48)66)44-62-69(60)76(68(59)61)70-63(71)45-55(46-64(70)72(62,3)4)75(52-33-12-7-13-34-52)67-40-22-28-49-25-16-19-37-58(49)67/h5-14,16-17,19-46H,15,18H2,1-4H3. The third kappa shape index (κ3) is 6.50. The normalized spacial score (nSPS) is 14.4. The summed E-state index contributed by atoms with van der Waals surface area (Å²) in [5.74, 6) is 0. The highest BCUT2D eigenvalue weighted by molar-refractivity contribution is 6.17. The van der Waals surface area contributed by atoms with Gasteiger partial charge in [-0.25, -0.2) is 0 Å². The Hall–Kier alpha value is -9.12. The summed E-state index contributed by atoms with van der Waals surface area (Å²) >= 11 is 0. The largest absolute Gasteiger partial charge is 0.310 e. The van der Waals surface area contributed by atoms with Gasteiger partial charge in [-0.1, -0.05) is 179 Å². The average molecular weight is 977 g/mol. The highest BCUT2D eigenvalue weighted by Gasteiger charge is 2.45. The van der Waals surface area contributed by atoms with Crippen molar-refractivity contribution in [1.29, 1.82) is 0 Å². The molecular formula is C72H56N4. The molecule has 0 N–H and O–H groups in total. The minimum absolute atomic E-state index is 0.437. The van der Waals surface area contributed by atoms with Crippen molar-refractivity contribution in [2.75, 3.05) is 14.7 Å². The van der Waals surface area contributed by atoms with E-state index in [2.05, 4.69) is 290 Å². The van der Waals surface area contributed by atoms with E-state index in [-0.39, 0.29) is 0 Å². The molecule has 0 amide bonds. The molecule has 76 heavy (non-hydrogen) atoms. The van der Waals surface area contributed by atoms with Gasteiger partial charge in [0.1, 0.15) is 0 Å². The summed E-state index contributed by atoms with van der Waals surface area (Å²) in [5, 5.41) is 9.95. The van der Waals surface area contributed by atoms with E-state index in [0.29, 0.717) is 0 Å². The monoisotopic (exact) mass is 976 g/mol. The van der Waals surface area contributed by atoms with Gasteiger partial charge in [0, 0.05) is 71.7 Å². The Balaban J connectivity index is 1.09. The molecule has 4 heteroatoms. The number of nitrogens with zero attached hydrogens (tertiary/aromatic N) is 4. The van der Waals surface area contributed by atoms with Crippen LogP contribution in [0.25, 0.3) is 61.2 Å². The van der Waals surface area contributed by atoms with Gasteiger partial charge in [0.25, 0.3) is 0 Å². The third-order valence-corrected chi connectivity index (χ3v) is 17.0. The van der Waals surface area contributed by atoms with Gasteiger partial charge in [-0.05, 0) is 142 Å². The van der Waals surface area contributed by atoms with Gasteiger partial charge in [-0.2, -0.15) is 0 Å². The summed E-state index contributed by atoms with van der Waals surface area (Å²) in [6.45, 7) is 9.89. The third-order valence-electron chi connectivity index (χ3n) is 17.0. The second-order valence-electron chi connectivity index (χ2n) is 22.0. The molecule has 4 nitrogen and oxygen atoms in total. The Morgan fingerprint density at radius 1 is 0.329 bits per heavy atom. The first-order chi connectivity index (χ1) is 37.2. The van der Waals surface area contributed by atoms with Gasteiger partial charge in [0.2, 0.25) is 0 Å². The molecule has 0 spiro atoms. The fourth-order valence-corrected chi connectivity index (χ4v) is 13.4. The van der Waals surface area contributed by atoms with Crippen LogP contribution >= 0.6 is 0 Å². The first-order valence-corrected chi connectivity index (χ1v) is 26.9. The van der Waals surface area contributed by atoms with E-state index in [9.17, 15) is 0 Å². The van der Waals surface area contributed by atoms with E-state index >= 15 is 0 Å². The van der Waals surface area contributed by atoms with Gasteiger partial charge < -0.3 is 19.3 Å². The lowest BCUT2D eigenvalue weighted by molar-refractivity contribution is 0.594. The SMILES string of the molecule is CC1(C)c2cc(N(c3ccccc3)c3cccc4ccccc34)cc3c2-n2c4c1cc(N(c1ccccc1)c1cccc5c1=CCCC=5)cc4c1cc(N(c4ccccc4)c4cccc5ccccc45)cc(c12)C3(C)C. The molecule has 1 aliphatic carbocycles. The Morgan fingerprint density at radius 3 is 1.21 bits per heavy atom. The fraction of sp³-hybridized carbons (Fsp3) is 0.111. The zero-order valence-electron chi connectivity index (χ0n) is 43.3. The summed E-state index contributed by atoms with van der Waals surface area (Å²) in [6, 6.07) is 86.0. The Kier molecular flexibility index (Phi) is 9.75. The van der Waals surface area contributed by atoms with Crippen LogP contribution in [0.2, 0.25) is 0 Å². The molecule has 0 saturated heterocycles. The van der Waals surface area contributed by atoms with Crippen LogP contribution in [0.1, 0.15) is 62.8 Å². The van der Waals surface area contributed by atoms with Crippen LogP contribution in [0.5, 0.6) is 0 Å². The zero-order chi connectivity index (χ0) is 50.9. The minimum Gasteiger partial charge on any atom is -0.310 e. The zero-order valence-corrected chi connectivity index (χ0v) is 43.3. The molecular weight excluding hydrogens is 921 g/mol. The van der Waals surface area contributed by atoms with Gasteiger partial charge in [0.05, 0.1) is 33.8 Å². The molecule has 11 aromatic carbocycles. The van der Waals surface area contributed by atoms with Gasteiger partial charge in [0.15, 0.2) is 0 Å². The fourth-order valence-electron chi connectivity index (χ4n) is 13.4. The summed E-state index contributed by atoms with van der Waals surface area (Å²) in [4.78, 5) is 7.53. The maximum absolute atomic E-state index is 2.68. The molecule has 364 valence electrons. The van der Waals surface area contributed by atoms with Gasteiger partial charge in [-0.3, -0.25) is 0 Å². The van der Waals surface area contributed by atoms with Crippen molar-refractivity contribution in [2.24, 2.45) is 0 Å². The number of hydrogen-bond donors (Lipinski definition) is 0. The van der Waals surface area contributed by atoms with Crippen molar-refractivity contribution in [3.8, 4) is 5.69 Å². The Bertz CT molecular complexity index is 4460. The van der Waals surface area contributed by atoms with Crippen LogP contribution in [-0.2, 0) is 10.8 Å². The first-order valence-electron chi connectivity index (χ1n) is 26.9. The van der Waals surface area contributed by atoms with Crippen molar-refractivity contribution >= 4 is 107 Å². The van der Waals surface area contributed by atoms with Crippen molar-refractivity contribution in [1.82, 2.24) is 4.57 Å². The van der Waals surface area contributed by atoms with Gasteiger partial charge in [-0.15, -0.1) is 0 Å². The predicted molar refractivity (Wildman–Crippen MR) is 322 cm³/mol. The van der Waals surface area contributed by atoms with E-state index in [4.69, 9.17) is 0 Å². The molecule has 2 aliphatic heterocycles. The number of rotatable bonds is 9. The summed E-state index contributed by atoms with van der Waals surface area (Å²) < 4.78 is 2.68. The first kappa shape index (κ1) is 44.4. The lowest BCUT2D eigenvalue weighted by Crippen LogP contribution is -2.34. The van der Waals surface area contributed by atoms with E-state index in [1.807, 2.05) is 0 Å². The molecule has 0 unspecified atom stereocenters. The van der Waals surface area contributed by atoms with Crippen LogP contribution in [-0.4, -0.2) is 4.57 Å². The number of aromatic nitrogens is 1. The lowest BCUT2D eigenvalue weighted by atomic mass is 9.68. The van der Waals surface area contributed by atoms with Crippen molar-refractivity contribution < 1.29 is 0 Å². The van der Waals surface area contributed by atoms with Gasteiger partial charge >= 0.3 is 0 Å². The Labute approximate surface area is 444 Å². The van der Waals surface area contributed by atoms with Crippen LogP contribution in [0.3, 0.4) is 0 Å². The molecule has 0 atom stereocenters. The van der Waals surface area contributed by atoms with Crippen LogP contribution < -0.4 is 25.1 Å². The van der Waals surface area contributed by atoms with E-state index in [1.54, 1.807) is 0 Å². The van der Waals surface area contributed by atoms with Crippen molar-refractivity contribution in [2.45, 2.75) is 51.4 Å². The molecule has 0 radical (unpaired) electrons. The second kappa shape index (κ2) is 16.7. The van der Waals surface area contributed by atoms with Crippen molar-refractivity contribution in [3.05, 3.63) is 263 Å². The molecule has 3 heterocycles. The molecule has 1 aromatic heterocycles. The highest BCUT2D eigenvalue weighted by Crippen LogP contribution is 2.59. The number of hydrogen-bond acceptors (Lipinski definition) is 3. The predicted octanol–water partition coefficient (Wildman–Crippen LogP) is 18.1. The second-order valence-corrected chi connectivity index (χ2v) is 22.0. The molecule has 0 saturated carbocycles. The summed E-state index contributed by atoms with van der Waals surface area (Å²) in [5.41, 5.74) is 18.5. The summed E-state index contributed by atoms with van der Waals surface area (Å²) in [6.07, 6.45) is 6.93. The molecule has 3 aliphatic rings. The molecule has 12 aromatic rings. The number of para-hydroxylation sites is 3. The molecule has 15 rings (SSSR count). The van der Waals surface area contributed by atoms with Crippen molar-refractivity contribution in [3.63, 3.8) is 0 Å². The maximum atomic E-state index is 2.68. The van der Waals surface area contributed by atoms with E-state index in [1.165, 1.54) is 87.4 Å². The van der Waals surface area contributed by atoms with Crippen LogP contribution in [0.4, 0.5) is 51.2 Å². The topological polar surface area (TPSA) is 14.7 Å². The lowest BCUT2D eigenvalue weighted by Gasteiger charge is -2.44. The summed E-state index contributed by atoms with van der Waals surface area (Å²) in [7, 11) is 0. The smallest absolute Gasteiger partial charge is 0.0583 e. The molecule has 0 bridgehead atoms. The number of fused-ring (bicyclic) bond motifs is 4. The minimum atomic E-state index is -0.442. The van der Waals surface area contributed by atoms with E-state index < -0.39 is 10.8 Å². The van der Waals surface area contributed by atoms with Crippen LogP contribution in [0.15, 0.2) is 231 Å². The van der Waals surface area contributed by atoms with Crippen LogP contribution in [0, 0.1) is 0 Å². The number of benzene rings is 11. The number of anilines is 9. The quantitative estimate of drug-likeness (QED) is 0.143. The van der Waals surface area contributed by atoms with E-state index in [0.717, 1.165) is 58.3 Å². The molecule has 0 fully saturated rings.